The zero-order chi connectivity index (χ0) is 20.3. The molecule has 2 N–H and O–H groups in total. The van der Waals surface area contributed by atoms with Crippen LogP contribution in [-0.2, 0) is 19.1 Å². The summed E-state index contributed by atoms with van der Waals surface area (Å²) in [5.74, 6) is -1.23. The van der Waals surface area contributed by atoms with Crippen LogP contribution in [0.3, 0.4) is 0 Å². The molecule has 5 atom stereocenters. The van der Waals surface area contributed by atoms with Gasteiger partial charge >= 0.3 is 12.1 Å². The third kappa shape index (κ3) is 4.72. The van der Waals surface area contributed by atoms with E-state index in [1.807, 2.05) is 13.8 Å². The van der Waals surface area contributed by atoms with Gasteiger partial charge in [-0.1, -0.05) is 13.8 Å². The number of amides is 2. The van der Waals surface area contributed by atoms with Crippen LogP contribution in [-0.4, -0.2) is 65.4 Å². The fraction of sp³-hybridized carbons (Fsp3) is 0.842. The van der Waals surface area contributed by atoms with Crippen LogP contribution < -0.4 is 5.32 Å². The molecule has 0 bridgehead atoms. The SMILES string of the molecule is CCOC(=O)[C@@H]1[C@H]2CCC(O)[C@H]2CN1C(=O)[C@@H](NC(=O)OC(C)C)C(C)C. The summed E-state index contributed by atoms with van der Waals surface area (Å²) >= 11 is 0. The van der Waals surface area contributed by atoms with E-state index in [4.69, 9.17) is 9.47 Å². The number of likely N-dealkylation sites (tertiary alicyclic amines) is 1. The predicted octanol–water partition coefficient (Wildman–Crippen LogP) is 1.31. The van der Waals surface area contributed by atoms with E-state index < -0.39 is 30.3 Å². The lowest BCUT2D eigenvalue weighted by Crippen LogP contribution is -2.55. The van der Waals surface area contributed by atoms with E-state index in [0.717, 1.165) is 0 Å². The molecule has 0 radical (unpaired) electrons. The molecule has 2 fully saturated rings. The van der Waals surface area contributed by atoms with Crippen LogP contribution in [0.1, 0.15) is 47.5 Å². The second-order valence-corrected chi connectivity index (χ2v) is 7.98. The first-order chi connectivity index (χ1) is 12.7. The number of nitrogens with zero attached hydrogens (tertiary/aromatic N) is 1. The molecule has 0 spiro atoms. The Morgan fingerprint density at radius 1 is 1.15 bits per heavy atom. The maximum atomic E-state index is 13.2. The van der Waals surface area contributed by atoms with Crippen molar-refractivity contribution in [2.24, 2.45) is 17.8 Å². The zero-order valence-electron chi connectivity index (χ0n) is 16.8. The van der Waals surface area contributed by atoms with Gasteiger partial charge in [0, 0.05) is 12.5 Å². The molecule has 1 aliphatic carbocycles. The molecule has 2 rings (SSSR count). The summed E-state index contributed by atoms with van der Waals surface area (Å²) < 4.78 is 10.3. The number of carbonyl (C=O) groups excluding carboxylic acids is 3. The molecular weight excluding hydrogens is 352 g/mol. The standard InChI is InChI=1S/C19H32N2O6/c1-6-26-18(24)16-12-7-8-14(22)13(12)9-21(16)17(23)15(10(2)3)20-19(25)27-11(4)5/h10-16,22H,6-9H2,1-5H3,(H,20,25)/t12-,13-,14?,15-,16-/m0/s1. The third-order valence-corrected chi connectivity index (χ3v) is 5.35. The van der Waals surface area contributed by atoms with Crippen LogP contribution in [0.4, 0.5) is 4.79 Å². The normalized spacial score (nSPS) is 28.2. The Balaban J connectivity index is 2.21. The van der Waals surface area contributed by atoms with Crippen LogP contribution in [0, 0.1) is 17.8 Å². The number of alkyl carbamates (subject to hydrolysis) is 1. The molecule has 0 aromatic rings. The van der Waals surface area contributed by atoms with Crippen LogP contribution in [0.5, 0.6) is 0 Å². The van der Waals surface area contributed by atoms with Gasteiger partial charge in [-0.05, 0) is 45.4 Å². The molecule has 1 saturated heterocycles. The molecule has 8 heteroatoms. The molecule has 2 amide bonds. The smallest absolute Gasteiger partial charge is 0.408 e. The van der Waals surface area contributed by atoms with Crippen molar-refractivity contribution in [1.82, 2.24) is 10.2 Å². The van der Waals surface area contributed by atoms with Gasteiger partial charge in [-0.15, -0.1) is 0 Å². The average Bonchev–Trinajstić information content (AvgIpc) is 3.11. The highest BCUT2D eigenvalue weighted by atomic mass is 16.6. The number of fused-ring (bicyclic) bond motifs is 1. The van der Waals surface area contributed by atoms with Crippen molar-refractivity contribution in [1.29, 1.82) is 0 Å². The van der Waals surface area contributed by atoms with E-state index in [9.17, 15) is 19.5 Å². The van der Waals surface area contributed by atoms with E-state index in [1.54, 1.807) is 20.8 Å². The topological polar surface area (TPSA) is 105 Å². The number of nitrogens with one attached hydrogen (secondary N) is 1. The fourth-order valence-electron chi connectivity index (χ4n) is 4.12. The lowest BCUT2D eigenvalue weighted by atomic mass is 9.93. The van der Waals surface area contributed by atoms with Gasteiger partial charge in [0.2, 0.25) is 5.91 Å². The van der Waals surface area contributed by atoms with E-state index in [-0.39, 0.29) is 42.9 Å². The monoisotopic (exact) mass is 384 g/mol. The number of rotatable bonds is 6. The van der Waals surface area contributed by atoms with E-state index in [1.165, 1.54) is 4.90 Å². The van der Waals surface area contributed by atoms with Gasteiger partial charge in [0.1, 0.15) is 12.1 Å². The third-order valence-electron chi connectivity index (χ3n) is 5.35. The van der Waals surface area contributed by atoms with Crippen molar-refractivity contribution in [2.75, 3.05) is 13.2 Å². The first-order valence-corrected chi connectivity index (χ1v) is 9.79. The molecule has 1 heterocycles. The highest BCUT2D eigenvalue weighted by Gasteiger charge is 2.54. The number of esters is 1. The molecular formula is C19H32N2O6. The maximum Gasteiger partial charge on any atom is 0.408 e. The Hall–Kier alpha value is -1.83. The Kier molecular flexibility index (Phi) is 7.08. The van der Waals surface area contributed by atoms with Crippen molar-refractivity contribution in [2.45, 2.75) is 71.8 Å². The van der Waals surface area contributed by atoms with E-state index >= 15 is 0 Å². The molecule has 1 unspecified atom stereocenters. The summed E-state index contributed by atoms with van der Waals surface area (Å²) in [5.41, 5.74) is 0. The number of hydrogen-bond donors (Lipinski definition) is 2. The fourth-order valence-corrected chi connectivity index (χ4v) is 4.12. The Morgan fingerprint density at radius 2 is 1.81 bits per heavy atom. The van der Waals surface area contributed by atoms with Gasteiger partial charge in [-0.3, -0.25) is 4.79 Å². The number of carbonyl (C=O) groups is 3. The van der Waals surface area contributed by atoms with Crippen LogP contribution in [0.25, 0.3) is 0 Å². The van der Waals surface area contributed by atoms with Gasteiger partial charge in [0.25, 0.3) is 0 Å². The van der Waals surface area contributed by atoms with Crippen molar-refractivity contribution < 1.29 is 29.0 Å². The van der Waals surface area contributed by atoms with E-state index in [2.05, 4.69) is 5.32 Å². The minimum absolute atomic E-state index is 0.113. The summed E-state index contributed by atoms with van der Waals surface area (Å²) in [6, 6.07) is -1.53. The first-order valence-electron chi connectivity index (χ1n) is 9.79. The summed E-state index contributed by atoms with van der Waals surface area (Å²) in [5, 5.41) is 12.9. The molecule has 154 valence electrons. The molecule has 1 saturated carbocycles. The number of aliphatic hydroxyl groups excluding tert-OH is 1. The molecule has 27 heavy (non-hydrogen) atoms. The van der Waals surface area contributed by atoms with Gasteiger partial charge in [0.15, 0.2) is 0 Å². The lowest BCUT2D eigenvalue weighted by molar-refractivity contribution is -0.155. The van der Waals surface area contributed by atoms with Crippen molar-refractivity contribution >= 4 is 18.0 Å². The molecule has 0 aromatic carbocycles. The maximum absolute atomic E-state index is 13.2. The number of hydrogen-bond acceptors (Lipinski definition) is 6. The minimum Gasteiger partial charge on any atom is -0.464 e. The zero-order valence-corrected chi connectivity index (χ0v) is 16.8. The highest BCUT2D eigenvalue weighted by molar-refractivity contribution is 5.90. The Labute approximate surface area is 160 Å². The predicted molar refractivity (Wildman–Crippen MR) is 97.7 cm³/mol. The highest BCUT2D eigenvalue weighted by Crippen LogP contribution is 2.43. The first kappa shape index (κ1) is 21.5. The Bertz CT molecular complexity index is 564. The van der Waals surface area contributed by atoms with E-state index in [0.29, 0.717) is 12.8 Å². The van der Waals surface area contributed by atoms with Crippen molar-refractivity contribution in [3.63, 3.8) is 0 Å². The van der Waals surface area contributed by atoms with Gasteiger partial charge < -0.3 is 24.8 Å². The second-order valence-electron chi connectivity index (χ2n) is 7.98. The molecule has 2 aliphatic rings. The molecule has 8 nitrogen and oxygen atoms in total. The van der Waals surface area contributed by atoms with Gasteiger partial charge in [-0.2, -0.15) is 0 Å². The van der Waals surface area contributed by atoms with Crippen molar-refractivity contribution in [3.05, 3.63) is 0 Å². The van der Waals surface area contributed by atoms with Gasteiger partial charge in [0.05, 0.1) is 18.8 Å². The Morgan fingerprint density at radius 3 is 2.37 bits per heavy atom. The number of aliphatic hydroxyl groups is 1. The summed E-state index contributed by atoms with van der Waals surface area (Å²) in [4.78, 5) is 39.3. The summed E-state index contributed by atoms with van der Waals surface area (Å²) in [7, 11) is 0. The van der Waals surface area contributed by atoms with Crippen LogP contribution in [0.15, 0.2) is 0 Å². The van der Waals surface area contributed by atoms with Crippen LogP contribution in [0.2, 0.25) is 0 Å². The van der Waals surface area contributed by atoms with Crippen LogP contribution >= 0.6 is 0 Å². The minimum atomic E-state index is -0.816. The number of ether oxygens (including phenoxy) is 2. The van der Waals surface area contributed by atoms with Crippen molar-refractivity contribution in [3.8, 4) is 0 Å². The summed E-state index contributed by atoms with van der Waals surface area (Å²) in [6.45, 7) is 9.34. The summed E-state index contributed by atoms with van der Waals surface area (Å²) in [6.07, 6.45) is -0.194. The molecule has 0 aromatic heterocycles. The lowest BCUT2D eigenvalue weighted by Gasteiger charge is -2.31. The average molecular weight is 384 g/mol. The molecule has 1 aliphatic heterocycles. The largest absolute Gasteiger partial charge is 0.464 e. The quantitative estimate of drug-likeness (QED) is 0.669. The second kappa shape index (κ2) is 8.91. The van der Waals surface area contributed by atoms with Gasteiger partial charge in [-0.25, -0.2) is 9.59 Å².